The first-order valence-electron chi connectivity index (χ1n) is 16.3. The molecule has 0 spiro atoms. The molecule has 0 saturated heterocycles. The SMILES string of the molecule is C[C@@H]1CC=C[C@](C)([C@H]2C[C@@H]3CSS[C@@H]4CC[C@H](C[C@H]4[C@H](C)O)c4ccccc4Cc4cc(O)cc(c4)C[C@@H](C3)C2)C1. The van der Waals surface area contributed by atoms with Crippen molar-refractivity contribution in [2.45, 2.75) is 102 Å². The molecule has 4 heteroatoms. The minimum Gasteiger partial charge on any atom is -0.508 e. The summed E-state index contributed by atoms with van der Waals surface area (Å²) in [6.45, 7) is 6.98. The van der Waals surface area contributed by atoms with Crippen molar-refractivity contribution in [1.82, 2.24) is 0 Å². The zero-order valence-corrected chi connectivity index (χ0v) is 26.9. The molecule has 2 nitrogen and oxygen atoms in total. The quantitative estimate of drug-likeness (QED) is 0.270. The maximum Gasteiger partial charge on any atom is 0.116 e. The van der Waals surface area contributed by atoms with E-state index in [9.17, 15) is 10.2 Å². The van der Waals surface area contributed by atoms with Gasteiger partial charge in [-0.2, -0.15) is 0 Å². The molecule has 0 radical (unpaired) electrons. The van der Waals surface area contributed by atoms with Gasteiger partial charge in [0.05, 0.1) is 6.10 Å². The van der Waals surface area contributed by atoms with Gasteiger partial charge in [-0.05, 0) is 146 Å². The van der Waals surface area contributed by atoms with Crippen molar-refractivity contribution in [3.63, 3.8) is 0 Å². The summed E-state index contributed by atoms with van der Waals surface area (Å²) >= 11 is 0. The molecule has 9 atom stereocenters. The molecule has 41 heavy (non-hydrogen) atoms. The Hall–Kier alpha value is -1.36. The third kappa shape index (κ3) is 6.91. The van der Waals surface area contributed by atoms with Crippen molar-refractivity contribution in [2.75, 3.05) is 5.75 Å². The van der Waals surface area contributed by atoms with Crippen molar-refractivity contribution in [1.29, 1.82) is 0 Å². The number of rotatable bonds is 2. The van der Waals surface area contributed by atoms with Crippen LogP contribution in [0.25, 0.3) is 0 Å². The van der Waals surface area contributed by atoms with E-state index in [1.165, 1.54) is 73.0 Å². The molecule has 0 amide bonds. The third-order valence-electron chi connectivity index (χ3n) is 11.1. The number of hydrogen-bond acceptors (Lipinski definition) is 4. The Bertz CT molecular complexity index is 1220. The number of phenolic OH excluding ortho intramolecular Hbond substituents is 1. The van der Waals surface area contributed by atoms with Crippen LogP contribution in [0.15, 0.2) is 54.6 Å². The van der Waals surface area contributed by atoms with Gasteiger partial charge in [-0.15, -0.1) is 0 Å². The minimum atomic E-state index is -0.276. The van der Waals surface area contributed by atoms with Gasteiger partial charge in [0, 0.05) is 11.0 Å². The first kappa shape index (κ1) is 29.7. The van der Waals surface area contributed by atoms with Gasteiger partial charge in [0.2, 0.25) is 0 Å². The van der Waals surface area contributed by atoms with Crippen LogP contribution in [0.5, 0.6) is 5.75 Å². The molecule has 2 heterocycles. The molecule has 3 aliphatic carbocycles. The van der Waals surface area contributed by atoms with E-state index >= 15 is 0 Å². The largest absolute Gasteiger partial charge is 0.508 e. The second-order valence-electron chi connectivity index (χ2n) is 14.5. The van der Waals surface area contributed by atoms with Crippen LogP contribution in [0.3, 0.4) is 0 Å². The third-order valence-corrected chi connectivity index (χ3v) is 14.2. The summed E-state index contributed by atoms with van der Waals surface area (Å²) in [5, 5.41) is 22.3. The second kappa shape index (κ2) is 12.7. The number of fused-ring (bicyclic) bond motifs is 4. The van der Waals surface area contributed by atoms with E-state index in [2.05, 4.69) is 77.9 Å². The molecule has 222 valence electrons. The van der Waals surface area contributed by atoms with Crippen LogP contribution in [0.4, 0.5) is 0 Å². The Morgan fingerprint density at radius 3 is 2.61 bits per heavy atom. The van der Waals surface area contributed by atoms with E-state index in [0.29, 0.717) is 34.2 Å². The highest BCUT2D eigenvalue weighted by atomic mass is 33.1. The summed E-state index contributed by atoms with van der Waals surface area (Å²) in [5.74, 6) is 5.34. The number of benzene rings is 2. The fourth-order valence-corrected chi connectivity index (χ4v) is 12.6. The summed E-state index contributed by atoms with van der Waals surface area (Å²) in [4.78, 5) is 0. The summed E-state index contributed by atoms with van der Waals surface area (Å²) in [6, 6.07) is 15.4. The van der Waals surface area contributed by atoms with E-state index < -0.39 is 0 Å². The molecular formula is C37H50O2S2. The lowest BCUT2D eigenvalue weighted by molar-refractivity contribution is 0.0932. The lowest BCUT2D eigenvalue weighted by Gasteiger charge is -2.46. The fourth-order valence-electron chi connectivity index (χ4n) is 9.10. The van der Waals surface area contributed by atoms with Crippen molar-refractivity contribution in [3.8, 4) is 5.75 Å². The zero-order chi connectivity index (χ0) is 28.6. The van der Waals surface area contributed by atoms with Crippen molar-refractivity contribution >= 4 is 21.6 Å². The van der Waals surface area contributed by atoms with E-state index in [-0.39, 0.29) is 6.10 Å². The summed E-state index contributed by atoms with van der Waals surface area (Å²) in [6.07, 6.45) is 16.6. The average Bonchev–Trinajstić information content (AvgIpc) is 2.92. The van der Waals surface area contributed by atoms with Gasteiger partial charge in [0.25, 0.3) is 0 Å². The molecule has 2 N–H and O–H groups in total. The van der Waals surface area contributed by atoms with Gasteiger partial charge in [-0.25, -0.2) is 0 Å². The minimum absolute atomic E-state index is 0.276. The number of aromatic hydroxyl groups is 1. The normalized spacial score (nSPS) is 36.7. The Morgan fingerprint density at radius 2 is 1.78 bits per heavy atom. The molecule has 2 aromatic carbocycles. The van der Waals surface area contributed by atoms with Crippen LogP contribution < -0.4 is 0 Å². The van der Waals surface area contributed by atoms with E-state index in [1.807, 2.05) is 19.1 Å². The number of allylic oxidation sites excluding steroid dienone is 2. The summed E-state index contributed by atoms with van der Waals surface area (Å²) in [5.41, 5.74) is 5.66. The molecular weight excluding hydrogens is 541 g/mol. The Kier molecular flexibility index (Phi) is 9.20. The standard InChI is InChI=1S/C37H50O2S2/c1-24-7-6-12-37(3,22-24)32-17-26-13-27-14-28(20-33(39)19-27)16-30-8-4-5-9-34(30)31-10-11-36(35(21-31)25(2)38)41-40-23-29(15-26)18-32/h4-6,8-9,12,14,19-20,24-26,29,31-32,35-36,38-39H,7,10-11,13,15-18,21-23H2,1-3H3/t24-,25+,26+,29-,31-,32-,35+,36-,37+/m1/s1. The molecule has 0 unspecified atom stereocenters. The molecule has 2 aliphatic heterocycles. The first-order chi connectivity index (χ1) is 19.8. The lowest BCUT2D eigenvalue weighted by atomic mass is 9.60. The fraction of sp³-hybridized carbons (Fsp3) is 0.622. The van der Waals surface area contributed by atoms with Crippen molar-refractivity contribution in [3.05, 3.63) is 76.9 Å². The Labute approximate surface area is 256 Å². The zero-order valence-electron chi connectivity index (χ0n) is 25.3. The molecule has 7 rings (SSSR count). The number of aliphatic hydroxyl groups excluding tert-OH is 1. The predicted molar refractivity (Wildman–Crippen MR) is 177 cm³/mol. The van der Waals surface area contributed by atoms with Gasteiger partial charge in [0.15, 0.2) is 0 Å². The highest BCUT2D eigenvalue weighted by Gasteiger charge is 2.41. The van der Waals surface area contributed by atoms with Crippen molar-refractivity contribution < 1.29 is 10.2 Å². The number of hydrogen-bond donors (Lipinski definition) is 2. The average molecular weight is 591 g/mol. The van der Waals surface area contributed by atoms with E-state index in [1.54, 1.807) is 0 Å². The molecule has 2 fully saturated rings. The molecule has 6 bridgehead atoms. The maximum absolute atomic E-state index is 10.9. The lowest BCUT2D eigenvalue weighted by Crippen LogP contribution is -2.37. The second-order valence-corrected chi connectivity index (χ2v) is 17.2. The van der Waals surface area contributed by atoms with Crippen LogP contribution in [-0.2, 0) is 12.8 Å². The van der Waals surface area contributed by atoms with Crippen LogP contribution >= 0.6 is 21.6 Å². The summed E-state index contributed by atoms with van der Waals surface area (Å²) in [7, 11) is 4.20. The van der Waals surface area contributed by atoms with Gasteiger partial charge in [-0.3, -0.25) is 0 Å². The first-order valence-corrected chi connectivity index (χ1v) is 18.7. The molecule has 2 saturated carbocycles. The van der Waals surface area contributed by atoms with Gasteiger partial charge >= 0.3 is 0 Å². The van der Waals surface area contributed by atoms with E-state index in [0.717, 1.165) is 37.0 Å². The topological polar surface area (TPSA) is 40.5 Å². The van der Waals surface area contributed by atoms with Crippen LogP contribution in [0, 0.1) is 35.0 Å². The number of aliphatic hydroxyl groups is 1. The molecule has 0 aromatic heterocycles. The van der Waals surface area contributed by atoms with Gasteiger partial charge < -0.3 is 10.2 Å². The van der Waals surface area contributed by atoms with Crippen LogP contribution in [-0.4, -0.2) is 27.3 Å². The molecule has 5 aliphatic rings. The van der Waals surface area contributed by atoms with E-state index in [4.69, 9.17) is 0 Å². The highest BCUT2D eigenvalue weighted by molar-refractivity contribution is 8.76. The highest BCUT2D eigenvalue weighted by Crippen LogP contribution is 2.52. The smallest absolute Gasteiger partial charge is 0.116 e. The summed E-state index contributed by atoms with van der Waals surface area (Å²) < 4.78 is 0. The van der Waals surface area contributed by atoms with Crippen LogP contribution in [0.1, 0.15) is 100 Å². The van der Waals surface area contributed by atoms with Crippen molar-refractivity contribution in [2.24, 2.45) is 35.0 Å². The Balaban J connectivity index is 1.33. The maximum atomic E-state index is 10.9. The monoisotopic (exact) mass is 590 g/mol. The van der Waals surface area contributed by atoms with Crippen LogP contribution in [0.2, 0.25) is 0 Å². The predicted octanol–water partition coefficient (Wildman–Crippen LogP) is 9.58. The Morgan fingerprint density at radius 1 is 0.976 bits per heavy atom. The van der Waals surface area contributed by atoms with Gasteiger partial charge in [0.1, 0.15) is 5.75 Å². The molecule has 2 aromatic rings. The van der Waals surface area contributed by atoms with Gasteiger partial charge in [-0.1, -0.05) is 77.9 Å². The number of phenols is 1.